The molecule has 1 saturated heterocycles. The van der Waals surface area contributed by atoms with E-state index in [0.29, 0.717) is 19.3 Å². The van der Waals surface area contributed by atoms with Gasteiger partial charge in [0.15, 0.2) is 0 Å². The molecule has 96 valence electrons. The van der Waals surface area contributed by atoms with Crippen molar-refractivity contribution in [3.63, 3.8) is 0 Å². The van der Waals surface area contributed by atoms with Crippen molar-refractivity contribution in [2.24, 2.45) is 12.8 Å². The first kappa shape index (κ1) is 12.5. The zero-order valence-corrected chi connectivity index (χ0v) is 10.4. The van der Waals surface area contributed by atoms with Crippen molar-refractivity contribution < 1.29 is 4.74 Å². The van der Waals surface area contributed by atoms with Gasteiger partial charge in [-0.2, -0.15) is 0 Å². The van der Waals surface area contributed by atoms with Crippen LogP contribution in [0.25, 0.3) is 0 Å². The molecule has 2 heterocycles. The Morgan fingerprint density at radius 1 is 1.47 bits per heavy atom. The fraction of sp³-hybridized carbons (Fsp3) is 0.818. The van der Waals surface area contributed by atoms with Crippen LogP contribution in [-0.4, -0.2) is 52.2 Å². The van der Waals surface area contributed by atoms with Gasteiger partial charge in [0.2, 0.25) is 0 Å². The zero-order valence-electron chi connectivity index (χ0n) is 10.4. The molecule has 2 N–H and O–H groups in total. The summed E-state index contributed by atoms with van der Waals surface area (Å²) in [5.41, 5.74) is 6.46. The number of nitrogens with two attached hydrogens (primary N) is 1. The maximum atomic E-state index is 5.65. The summed E-state index contributed by atoms with van der Waals surface area (Å²) in [5, 5.41) is 8.04. The van der Waals surface area contributed by atoms with E-state index in [-0.39, 0.29) is 0 Å². The van der Waals surface area contributed by atoms with Crippen LogP contribution in [0.15, 0.2) is 6.20 Å². The molecule has 1 aliphatic heterocycles. The number of aromatic nitrogens is 3. The number of aryl methyl sites for hydroxylation is 1. The van der Waals surface area contributed by atoms with Crippen LogP contribution in [0.5, 0.6) is 0 Å². The van der Waals surface area contributed by atoms with Crippen LogP contribution in [-0.2, 0) is 18.3 Å². The molecule has 17 heavy (non-hydrogen) atoms. The fourth-order valence-corrected chi connectivity index (χ4v) is 2.17. The monoisotopic (exact) mass is 239 g/mol. The fourth-order valence-electron chi connectivity index (χ4n) is 2.17. The second kappa shape index (κ2) is 6.09. The van der Waals surface area contributed by atoms with E-state index in [2.05, 4.69) is 15.2 Å². The topological polar surface area (TPSA) is 69.2 Å². The maximum Gasteiger partial charge on any atom is 0.0967 e. The SMILES string of the molecule is Cn1cc(CN2CCC(OCCN)CC2)nn1. The lowest BCUT2D eigenvalue weighted by Gasteiger charge is -2.31. The summed E-state index contributed by atoms with van der Waals surface area (Å²) in [6.45, 7) is 4.30. The minimum absolute atomic E-state index is 0.386. The third-order valence-corrected chi connectivity index (χ3v) is 3.04. The molecule has 0 bridgehead atoms. The van der Waals surface area contributed by atoms with E-state index in [0.717, 1.165) is 38.2 Å². The Balaban J connectivity index is 1.72. The molecular formula is C11H21N5O. The number of piperidine rings is 1. The Bertz CT molecular complexity index is 332. The van der Waals surface area contributed by atoms with Gasteiger partial charge in [0.1, 0.15) is 0 Å². The average Bonchev–Trinajstić information content (AvgIpc) is 2.74. The van der Waals surface area contributed by atoms with Crippen LogP contribution < -0.4 is 5.73 Å². The molecule has 0 saturated carbocycles. The average molecular weight is 239 g/mol. The first-order valence-electron chi connectivity index (χ1n) is 6.17. The number of hydrogen-bond donors (Lipinski definition) is 1. The van der Waals surface area contributed by atoms with Gasteiger partial charge in [0, 0.05) is 39.4 Å². The second-order valence-electron chi connectivity index (χ2n) is 4.52. The molecule has 1 aliphatic rings. The summed E-state index contributed by atoms with van der Waals surface area (Å²) in [6.07, 6.45) is 4.52. The molecule has 0 aromatic carbocycles. The van der Waals surface area contributed by atoms with Crippen LogP contribution in [0.3, 0.4) is 0 Å². The maximum absolute atomic E-state index is 5.65. The third kappa shape index (κ3) is 3.76. The quantitative estimate of drug-likeness (QED) is 0.767. The van der Waals surface area contributed by atoms with E-state index >= 15 is 0 Å². The summed E-state index contributed by atoms with van der Waals surface area (Å²) in [4.78, 5) is 2.40. The Morgan fingerprint density at radius 2 is 2.24 bits per heavy atom. The number of nitrogens with zero attached hydrogens (tertiary/aromatic N) is 4. The van der Waals surface area contributed by atoms with Crippen molar-refractivity contribution in [1.82, 2.24) is 19.9 Å². The molecular weight excluding hydrogens is 218 g/mol. The first-order valence-corrected chi connectivity index (χ1v) is 6.17. The van der Waals surface area contributed by atoms with E-state index in [9.17, 15) is 0 Å². The van der Waals surface area contributed by atoms with Crippen molar-refractivity contribution in [3.05, 3.63) is 11.9 Å². The van der Waals surface area contributed by atoms with E-state index in [1.807, 2.05) is 13.2 Å². The van der Waals surface area contributed by atoms with Gasteiger partial charge >= 0.3 is 0 Å². The van der Waals surface area contributed by atoms with Crippen molar-refractivity contribution in [2.75, 3.05) is 26.2 Å². The van der Waals surface area contributed by atoms with Gasteiger partial charge in [-0.25, -0.2) is 0 Å². The number of likely N-dealkylation sites (tertiary alicyclic amines) is 1. The molecule has 2 rings (SSSR count). The van der Waals surface area contributed by atoms with Crippen LogP contribution in [0.2, 0.25) is 0 Å². The van der Waals surface area contributed by atoms with Crippen molar-refractivity contribution >= 4 is 0 Å². The Kier molecular flexibility index (Phi) is 4.47. The summed E-state index contributed by atoms with van der Waals surface area (Å²) in [5.74, 6) is 0. The van der Waals surface area contributed by atoms with Crippen molar-refractivity contribution in [1.29, 1.82) is 0 Å². The summed E-state index contributed by atoms with van der Waals surface area (Å²) < 4.78 is 7.39. The van der Waals surface area contributed by atoms with Gasteiger partial charge < -0.3 is 10.5 Å². The molecule has 1 aromatic rings. The smallest absolute Gasteiger partial charge is 0.0967 e. The lowest BCUT2D eigenvalue weighted by molar-refractivity contribution is 0.00954. The lowest BCUT2D eigenvalue weighted by Crippen LogP contribution is -2.37. The second-order valence-corrected chi connectivity index (χ2v) is 4.52. The van der Waals surface area contributed by atoms with E-state index in [1.54, 1.807) is 4.68 Å². The normalized spacial score (nSPS) is 18.7. The van der Waals surface area contributed by atoms with Gasteiger partial charge in [-0.3, -0.25) is 9.58 Å². The molecule has 0 spiro atoms. The predicted octanol–water partition coefficient (Wildman–Crippen LogP) is -0.245. The van der Waals surface area contributed by atoms with E-state index in [4.69, 9.17) is 10.5 Å². The number of ether oxygens (including phenoxy) is 1. The van der Waals surface area contributed by atoms with Crippen molar-refractivity contribution in [3.8, 4) is 0 Å². The highest BCUT2D eigenvalue weighted by atomic mass is 16.5. The molecule has 0 amide bonds. The first-order chi connectivity index (χ1) is 8.28. The Hall–Kier alpha value is -0.980. The lowest BCUT2D eigenvalue weighted by atomic mass is 10.1. The highest BCUT2D eigenvalue weighted by Gasteiger charge is 2.20. The van der Waals surface area contributed by atoms with Gasteiger partial charge in [0.25, 0.3) is 0 Å². The standard InChI is InChI=1S/C11H21N5O/c1-15-8-10(13-14-15)9-16-5-2-11(3-6-16)17-7-4-12/h8,11H,2-7,9,12H2,1H3. The third-order valence-electron chi connectivity index (χ3n) is 3.04. The van der Waals surface area contributed by atoms with E-state index < -0.39 is 0 Å². The summed E-state index contributed by atoms with van der Waals surface area (Å²) >= 11 is 0. The number of rotatable bonds is 5. The molecule has 1 aromatic heterocycles. The highest BCUT2D eigenvalue weighted by molar-refractivity contribution is 4.92. The molecule has 0 aliphatic carbocycles. The van der Waals surface area contributed by atoms with Crippen LogP contribution in [0, 0.1) is 0 Å². The largest absolute Gasteiger partial charge is 0.377 e. The van der Waals surface area contributed by atoms with Gasteiger partial charge in [-0.15, -0.1) is 5.10 Å². The summed E-state index contributed by atoms with van der Waals surface area (Å²) in [6, 6.07) is 0. The molecule has 1 fully saturated rings. The van der Waals surface area contributed by atoms with Gasteiger partial charge in [0.05, 0.1) is 18.4 Å². The van der Waals surface area contributed by atoms with Crippen LogP contribution >= 0.6 is 0 Å². The van der Waals surface area contributed by atoms with Crippen LogP contribution in [0.4, 0.5) is 0 Å². The molecule has 0 atom stereocenters. The van der Waals surface area contributed by atoms with Gasteiger partial charge in [-0.1, -0.05) is 5.21 Å². The van der Waals surface area contributed by atoms with Crippen molar-refractivity contribution in [2.45, 2.75) is 25.5 Å². The molecule has 0 unspecified atom stereocenters. The Labute approximate surface area is 102 Å². The van der Waals surface area contributed by atoms with E-state index in [1.165, 1.54) is 0 Å². The summed E-state index contributed by atoms with van der Waals surface area (Å²) in [7, 11) is 1.89. The molecule has 6 heteroatoms. The molecule has 6 nitrogen and oxygen atoms in total. The number of hydrogen-bond acceptors (Lipinski definition) is 5. The Morgan fingerprint density at radius 3 is 2.82 bits per heavy atom. The highest BCUT2D eigenvalue weighted by Crippen LogP contribution is 2.15. The molecule has 0 radical (unpaired) electrons. The van der Waals surface area contributed by atoms with Crippen LogP contribution in [0.1, 0.15) is 18.5 Å². The minimum Gasteiger partial charge on any atom is -0.377 e. The zero-order chi connectivity index (χ0) is 12.1. The minimum atomic E-state index is 0.386. The predicted molar refractivity (Wildman–Crippen MR) is 64.3 cm³/mol. The van der Waals surface area contributed by atoms with Gasteiger partial charge in [-0.05, 0) is 12.8 Å².